The van der Waals surface area contributed by atoms with Gasteiger partial charge in [0.2, 0.25) is 0 Å². The number of hydrogen-bond donors (Lipinski definition) is 0. The highest BCUT2D eigenvalue weighted by Gasteiger charge is 2.21. The van der Waals surface area contributed by atoms with Crippen molar-refractivity contribution >= 4 is 5.97 Å². The molecule has 0 N–H and O–H groups in total. The van der Waals surface area contributed by atoms with Gasteiger partial charge in [0.1, 0.15) is 5.60 Å². The van der Waals surface area contributed by atoms with E-state index in [9.17, 15) is 4.79 Å². The number of carbonyl (C=O) groups excluding carboxylic acids is 1. The first-order valence-corrected chi connectivity index (χ1v) is 6.36. The van der Waals surface area contributed by atoms with Crippen LogP contribution in [0, 0.1) is 13.8 Å². The maximum Gasteiger partial charge on any atom is 0.361 e. The minimum Gasteiger partial charge on any atom is -0.455 e. The molecule has 0 spiro atoms. The van der Waals surface area contributed by atoms with Crippen molar-refractivity contribution in [2.45, 2.75) is 40.2 Å². The van der Waals surface area contributed by atoms with Crippen LogP contribution in [0.2, 0.25) is 0 Å². The van der Waals surface area contributed by atoms with Crippen molar-refractivity contribution in [1.29, 1.82) is 0 Å². The summed E-state index contributed by atoms with van der Waals surface area (Å²) in [4.78, 5) is 16.2. The summed E-state index contributed by atoms with van der Waals surface area (Å²) in [6.45, 7) is 9.23. The molecule has 0 saturated heterocycles. The van der Waals surface area contributed by atoms with Crippen molar-refractivity contribution in [3.63, 3.8) is 0 Å². The zero-order valence-electron chi connectivity index (χ0n) is 12.3. The predicted molar refractivity (Wildman–Crippen MR) is 73.8 cm³/mol. The molecule has 2 heterocycles. The molecule has 0 unspecified atom stereocenters. The van der Waals surface area contributed by atoms with Crippen LogP contribution in [-0.4, -0.2) is 31.5 Å². The highest BCUT2D eigenvalue weighted by molar-refractivity contribution is 5.87. The number of aryl methyl sites for hydroxylation is 2. The molecular weight excluding hydrogens is 256 g/mol. The smallest absolute Gasteiger partial charge is 0.361 e. The SMILES string of the molecule is Cc1ccc(-n2cc(C(=O)OC(C)(C)C)nn2)c(C)n1. The van der Waals surface area contributed by atoms with Gasteiger partial charge in [0.05, 0.1) is 17.6 Å². The zero-order valence-corrected chi connectivity index (χ0v) is 12.3. The highest BCUT2D eigenvalue weighted by atomic mass is 16.6. The van der Waals surface area contributed by atoms with E-state index in [0.29, 0.717) is 0 Å². The molecule has 20 heavy (non-hydrogen) atoms. The summed E-state index contributed by atoms with van der Waals surface area (Å²) in [5, 5.41) is 7.80. The first kappa shape index (κ1) is 14.2. The fourth-order valence-corrected chi connectivity index (χ4v) is 1.73. The number of pyridine rings is 1. The van der Waals surface area contributed by atoms with Crippen molar-refractivity contribution in [1.82, 2.24) is 20.0 Å². The van der Waals surface area contributed by atoms with Gasteiger partial charge in [0.15, 0.2) is 5.69 Å². The lowest BCUT2D eigenvalue weighted by atomic mass is 10.2. The fraction of sp³-hybridized carbons (Fsp3) is 0.429. The Morgan fingerprint density at radius 1 is 1.25 bits per heavy atom. The molecule has 0 radical (unpaired) electrons. The number of rotatable bonds is 2. The quantitative estimate of drug-likeness (QED) is 0.785. The molecule has 2 rings (SSSR count). The fourth-order valence-electron chi connectivity index (χ4n) is 1.73. The molecule has 0 aliphatic heterocycles. The Hall–Kier alpha value is -2.24. The van der Waals surface area contributed by atoms with Crippen LogP contribution >= 0.6 is 0 Å². The molecule has 0 atom stereocenters. The molecule has 6 nitrogen and oxygen atoms in total. The van der Waals surface area contributed by atoms with Gasteiger partial charge in [0.25, 0.3) is 0 Å². The van der Waals surface area contributed by atoms with E-state index in [1.54, 1.807) is 6.20 Å². The molecular formula is C14H18N4O2. The Bertz CT molecular complexity index is 641. The Balaban J connectivity index is 2.27. The lowest BCUT2D eigenvalue weighted by Crippen LogP contribution is -2.24. The number of esters is 1. The van der Waals surface area contributed by atoms with Crippen LogP contribution in [-0.2, 0) is 4.74 Å². The van der Waals surface area contributed by atoms with Crippen LogP contribution in [0.3, 0.4) is 0 Å². The van der Waals surface area contributed by atoms with Gasteiger partial charge >= 0.3 is 5.97 Å². The summed E-state index contributed by atoms with van der Waals surface area (Å²) in [5.41, 5.74) is 2.17. The first-order valence-electron chi connectivity index (χ1n) is 6.36. The summed E-state index contributed by atoms with van der Waals surface area (Å²) in [6.07, 6.45) is 1.55. The second kappa shape index (κ2) is 5.03. The number of ether oxygens (including phenoxy) is 1. The first-order chi connectivity index (χ1) is 9.26. The van der Waals surface area contributed by atoms with Gasteiger partial charge in [-0.05, 0) is 46.8 Å². The molecule has 0 bridgehead atoms. The van der Waals surface area contributed by atoms with Crippen molar-refractivity contribution in [2.24, 2.45) is 0 Å². The topological polar surface area (TPSA) is 69.9 Å². The van der Waals surface area contributed by atoms with Crippen molar-refractivity contribution in [3.05, 3.63) is 35.4 Å². The number of carbonyl (C=O) groups is 1. The van der Waals surface area contributed by atoms with Crippen molar-refractivity contribution in [2.75, 3.05) is 0 Å². The zero-order chi connectivity index (χ0) is 14.9. The summed E-state index contributed by atoms with van der Waals surface area (Å²) in [7, 11) is 0. The standard InChI is InChI=1S/C14H18N4O2/c1-9-6-7-12(10(2)15-9)18-8-11(16-17-18)13(19)20-14(3,4)5/h6-8H,1-5H3. The van der Waals surface area contributed by atoms with Crippen LogP contribution < -0.4 is 0 Å². The molecule has 0 aliphatic carbocycles. The minimum atomic E-state index is -0.553. The lowest BCUT2D eigenvalue weighted by molar-refractivity contribution is 0.00627. The van der Waals surface area contributed by atoms with E-state index in [4.69, 9.17) is 4.74 Å². The summed E-state index contributed by atoms with van der Waals surface area (Å²) >= 11 is 0. The largest absolute Gasteiger partial charge is 0.455 e. The van der Waals surface area contributed by atoms with Crippen LogP contribution in [0.15, 0.2) is 18.3 Å². The van der Waals surface area contributed by atoms with E-state index >= 15 is 0 Å². The van der Waals surface area contributed by atoms with E-state index < -0.39 is 11.6 Å². The van der Waals surface area contributed by atoms with Crippen molar-refractivity contribution < 1.29 is 9.53 Å². The molecule has 2 aromatic rings. The van der Waals surface area contributed by atoms with Gasteiger partial charge in [-0.25, -0.2) is 9.48 Å². The average molecular weight is 274 g/mol. The van der Waals surface area contributed by atoms with Crippen molar-refractivity contribution in [3.8, 4) is 5.69 Å². The second-order valence-electron chi connectivity index (χ2n) is 5.61. The van der Waals surface area contributed by atoms with E-state index in [0.717, 1.165) is 17.1 Å². The van der Waals surface area contributed by atoms with Gasteiger partial charge in [-0.1, -0.05) is 5.21 Å². The van der Waals surface area contributed by atoms with Crippen LogP contribution in [0.5, 0.6) is 0 Å². The molecule has 6 heteroatoms. The molecule has 0 fully saturated rings. The lowest BCUT2D eigenvalue weighted by Gasteiger charge is -2.18. The maximum absolute atomic E-state index is 11.9. The van der Waals surface area contributed by atoms with Crippen LogP contribution in [0.4, 0.5) is 0 Å². The summed E-state index contributed by atoms with van der Waals surface area (Å²) in [5.74, 6) is -0.485. The molecule has 0 saturated carbocycles. The Labute approximate surface area is 117 Å². The normalized spacial score (nSPS) is 11.4. The molecule has 2 aromatic heterocycles. The number of nitrogens with zero attached hydrogens (tertiary/aromatic N) is 4. The van der Waals surface area contributed by atoms with Gasteiger partial charge in [-0.2, -0.15) is 0 Å². The van der Waals surface area contributed by atoms with Crippen LogP contribution in [0.25, 0.3) is 5.69 Å². The Kier molecular flexibility index (Phi) is 3.57. The predicted octanol–water partition coefficient (Wildman–Crippen LogP) is 2.23. The highest BCUT2D eigenvalue weighted by Crippen LogP contribution is 2.14. The number of hydrogen-bond acceptors (Lipinski definition) is 5. The van der Waals surface area contributed by atoms with Gasteiger partial charge in [-0.15, -0.1) is 5.10 Å². The second-order valence-corrected chi connectivity index (χ2v) is 5.61. The van der Waals surface area contributed by atoms with E-state index in [2.05, 4.69) is 15.3 Å². The molecule has 0 aliphatic rings. The Morgan fingerprint density at radius 2 is 1.95 bits per heavy atom. The van der Waals surface area contributed by atoms with E-state index in [1.165, 1.54) is 4.68 Å². The summed E-state index contributed by atoms with van der Waals surface area (Å²) < 4.78 is 6.78. The minimum absolute atomic E-state index is 0.180. The monoisotopic (exact) mass is 274 g/mol. The third kappa shape index (κ3) is 3.20. The third-order valence-electron chi connectivity index (χ3n) is 2.55. The Morgan fingerprint density at radius 3 is 2.55 bits per heavy atom. The van der Waals surface area contributed by atoms with E-state index in [-0.39, 0.29) is 5.69 Å². The summed E-state index contributed by atoms with van der Waals surface area (Å²) in [6, 6.07) is 3.78. The third-order valence-corrected chi connectivity index (χ3v) is 2.55. The van der Waals surface area contributed by atoms with Gasteiger partial charge < -0.3 is 4.74 Å². The van der Waals surface area contributed by atoms with Crippen LogP contribution in [0.1, 0.15) is 42.6 Å². The molecule has 0 aromatic carbocycles. The molecule has 0 amide bonds. The maximum atomic E-state index is 11.9. The number of aromatic nitrogens is 4. The van der Waals surface area contributed by atoms with Gasteiger partial charge in [-0.3, -0.25) is 4.98 Å². The average Bonchev–Trinajstić information content (AvgIpc) is 2.75. The van der Waals surface area contributed by atoms with E-state index in [1.807, 2.05) is 46.8 Å². The molecule has 106 valence electrons. The van der Waals surface area contributed by atoms with Gasteiger partial charge in [0, 0.05) is 5.69 Å².